The average molecular weight is 522 g/mol. The molecule has 0 unspecified atom stereocenters. The molecule has 198 valence electrons. The Kier molecular flexibility index (Phi) is 7.01. The number of nitriles is 1. The van der Waals surface area contributed by atoms with Crippen molar-refractivity contribution in [3.8, 4) is 34.3 Å². The molecule has 2 aliphatic heterocycles. The third-order valence-corrected chi connectivity index (χ3v) is 7.62. The number of amides is 1. The van der Waals surface area contributed by atoms with Crippen molar-refractivity contribution in [2.24, 2.45) is 0 Å². The maximum Gasteiger partial charge on any atom is 0.253 e. The number of ether oxygens (including phenoxy) is 2. The summed E-state index contributed by atoms with van der Waals surface area (Å²) in [5.74, 6) is 0.677. The minimum absolute atomic E-state index is 0.0636. The van der Waals surface area contributed by atoms with E-state index in [0.29, 0.717) is 30.1 Å². The lowest BCUT2D eigenvalue weighted by atomic mass is 10.0. The third-order valence-electron chi connectivity index (χ3n) is 7.62. The van der Waals surface area contributed by atoms with E-state index in [1.165, 1.54) is 0 Å². The molecular weight excluding hydrogens is 490 g/mol. The van der Waals surface area contributed by atoms with Crippen molar-refractivity contribution in [1.82, 2.24) is 19.8 Å². The smallest absolute Gasteiger partial charge is 0.253 e. The van der Waals surface area contributed by atoms with Gasteiger partial charge >= 0.3 is 0 Å². The Hall–Kier alpha value is -4.19. The van der Waals surface area contributed by atoms with Gasteiger partial charge in [0.15, 0.2) is 0 Å². The van der Waals surface area contributed by atoms with Crippen molar-refractivity contribution in [1.29, 1.82) is 5.26 Å². The zero-order valence-corrected chi connectivity index (χ0v) is 22.0. The molecule has 4 heterocycles. The highest BCUT2D eigenvalue weighted by atomic mass is 16.5. The molecule has 1 N–H and O–H groups in total. The van der Waals surface area contributed by atoms with Gasteiger partial charge in [0.25, 0.3) is 5.91 Å². The second-order valence-corrected chi connectivity index (χ2v) is 10.2. The number of carbonyl (C=O) groups excluding carboxylic acids is 1. The summed E-state index contributed by atoms with van der Waals surface area (Å²) >= 11 is 0. The number of nitrogens with one attached hydrogen (secondary N) is 1. The van der Waals surface area contributed by atoms with Crippen LogP contribution in [0.4, 0.5) is 0 Å². The maximum atomic E-state index is 12.9. The normalized spacial score (nSPS) is 16.8. The van der Waals surface area contributed by atoms with E-state index < -0.39 is 0 Å². The molecule has 0 saturated carbocycles. The summed E-state index contributed by atoms with van der Waals surface area (Å²) in [6.45, 7) is 4.67. The second-order valence-electron chi connectivity index (χ2n) is 10.2. The van der Waals surface area contributed by atoms with Gasteiger partial charge in [0.05, 0.1) is 24.5 Å². The van der Waals surface area contributed by atoms with Crippen LogP contribution in [-0.4, -0.2) is 78.2 Å². The number of H-pyrrole nitrogens is 1. The molecule has 0 bridgehead atoms. The van der Waals surface area contributed by atoms with Crippen LogP contribution >= 0.6 is 0 Å². The standard InChI is InChI=1S/C31H31N5O3/c1-35-12-14-36(15-13-35)31(37)22-4-2-21(3-5-22)28-19-26-27(34-28)8-11-33-30(26)23-6-7-29(24(18-23)20-32)39-25-9-16-38-17-10-25/h2-8,11,18-19,25,34H,9-10,12-17H2,1H3. The van der Waals surface area contributed by atoms with Gasteiger partial charge in [0.1, 0.15) is 17.9 Å². The first kappa shape index (κ1) is 25.1. The highest BCUT2D eigenvalue weighted by Crippen LogP contribution is 2.33. The Morgan fingerprint density at radius 3 is 2.51 bits per heavy atom. The number of pyridine rings is 1. The Bertz CT molecular complexity index is 1520. The molecule has 2 aromatic heterocycles. The molecule has 2 fully saturated rings. The predicted molar refractivity (Wildman–Crippen MR) is 150 cm³/mol. The molecule has 2 saturated heterocycles. The van der Waals surface area contributed by atoms with Gasteiger partial charge in [-0.2, -0.15) is 5.26 Å². The van der Waals surface area contributed by atoms with Crippen molar-refractivity contribution in [3.05, 3.63) is 71.9 Å². The highest BCUT2D eigenvalue weighted by Gasteiger charge is 2.21. The molecule has 2 aromatic carbocycles. The summed E-state index contributed by atoms with van der Waals surface area (Å²) in [5, 5.41) is 10.8. The first-order valence-electron chi connectivity index (χ1n) is 13.4. The van der Waals surface area contributed by atoms with E-state index in [4.69, 9.17) is 9.47 Å². The number of hydrogen-bond acceptors (Lipinski definition) is 6. The number of likely N-dealkylation sites (N-methyl/N-ethyl adjacent to an activating group) is 1. The lowest BCUT2D eigenvalue weighted by molar-refractivity contribution is 0.0254. The second kappa shape index (κ2) is 10.9. The van der Waals surface area contributed by atoms with Gasteiger partial charge in [-0.1, -0.05) is 12.1 Å². The number of piperazine rings is 1. The van der Waals surface area contributed by atoms with Crippen LogP contribution in [0.1, 0.15) is 28.8 Å². The molecular formula is C31H31N5O3. The van der Waals surface area contributed by atoms with Gasteiger partial charge in [-0.25, -0.2) is 0 Å². The SMILES string of the molecule is CN1CCN(C(=O)c2ccc(-c3cc4c(-c5ccc(OC6CCOCC6)c(C#N)c5)nccc4[nH]3)cc2)CC1. The van der Waals surface area contributed by atoms with E-state index in [-0.39, 0.29) is 12.0 Å². The fourth-order valence-corrected chi connectivity index (χ4v) is 5.26. The molecule has 6 rings (SSSR count). The first-order chi connectivity index (χ1) is 19.1. The molecule has 8 nitrogen and oxygen atoms in total. The van der Waals surface area contributed by atoms with Gasteiger partial charge in [-0.15, -0.1) is 0 Å². The van der Waals surface area contributed by atoms with E-state index in [1.807, 2.05) is 53.4 Å². The molecule has 8 heteroatoms. The predicted octanol–water partition coefficient (Wildman–Crippen LogP) is 4.71. The quantitative estimate of drug-likeness (QED) is 0.409. The number of nitrogens with zero attached hydrogens (tertiary/aromatic N) is 4. The Labute approximate surface area is 227 Å². The number of aromatic nitrogens is 2. The van der Waals surface area contributed by atoms with Crippen molar-refractivity contribution in [2.75, 3.05) is 46.4 Å². The van der Waals surface area contributed by atoms with Crippen molar-refractivity contribution in [3.63, 3.8) is 0 Å². The highest BCUT2D eigenvalue weighted by molar-refractivity contribution is 5.97. The van der Waals surface area contributed by atoms with Gasteiger partial charge in [0.2, 0.25) is 0 Å². The lowest BCUT2D eigenvalue weighted by Gasteiger charge is -2.32. The fraction of sp³-hybridized carbons (Fsp3) is 0.323. The summed E-state index contributed by atoms with van der Waals surface area (Å²) in [4.78, 5) is 25.2. The number of hydrogen-bond donors (Lipinski definition) is 1. The van der Waals surface area contributed by atoms with E-state index in [0.717, 1.165) is 72.4 Å². The number of aromatic amines is 1. The molecule has 4 aromatic rings. The van der Waals surface area contributed by atoms with Crippen LogP contribution in [-0.2, 0) is 4.74 Å². The zero-order valence-electron chi connectivity index (χ0n) is 22.0. The van der Waals surface area contributed by atoms with Gasteiger partial charge in [0, 0.05) is 72.9 Å². The largest absolute Gasteiger partial charge is 0.489 e. The van der Waals surface area contributed by atoms with Crippen LogP contribution in [0, 0.1) is 11.3 Å². The molecule has 39 heavy (non-hydrogen) atoms. The van der Waals surface area contributed by atoms with Crippen LogP contribution in [0.5, 0.6) is 5.75 Å². The monoisotopic (exact) mass is 521 g/mol. The number of carbonyl (C=O) groups is 1. The molecule has 0 spiro atoms. The Morgan fingerprint density at radius 2 is 1.77 bits per heavy atom. The number of rotatable bonds is 5. The van der Waals surface area contributed by atoms with E-state index in [2.05, 4.69) is 34.1 Å². The fourth-order valence-electron chi connectivity index (χ4n) is 5.26. The van der Waals surface area contributed by atoms with Gasteiger partial charge in [-0.05, 0) is 55.1 Å². The molecule has 2 aliphatic rings. The minimum atomic E-state index is 0.0636. The zero-order chi connectivity index (χ0) is 26.8. The molecule has 0 radical (unpaired) electrons. The Morgan fingerprint density at radius 1 is 1.03 bits per heavy atom. The van der Waals surface area contributed by atoms with E-state index in [1.54, 1.807) is 6.20 Å². The van der Waals surface area contributed by atoms with Gasteiger partial charge in [-0.3, -0.25) is 9.78 Å². The van der Waals surface area contributed by atoms with E-state index in [9.17, 15) is 10.1 Å². The summed E-state index contributed by atoms with van der Waals surface area (Å²) in [6.07, 6.45) is 3.48. The van der Waals surface area contributed by atoms with Crippen LogP contribution in [0.3, 0.4) is 0 Å². The molecule has 0 atom stereocenters. The van der Waals surface area contributed by atoms with E-state index >= 15 is 0 Å². The first-order valence-corrected chi connectivity index (χ1v) is 13.4. The average Bonchev–Trinajstić information content (AvgIpc) is 3.43. The van der Waals surface area contributed by atoms with Crippen LogP contribution in [0.2, 0.25) is 0 Å². The van der Waals surface area contributed by atoms with Crippen LogP contribution < -0.4 is 4.74 Å². The summed E-state index contributed by atoms with van der Waals surface area (Å²) in [6, 6.07) is 19.8. The summed E-state index contributed by atoms with van der Waals surface area (Å²) in [5.41, 5.74) is 5.74. The molecule has 0 aliphatic carbocycles. The third kappa shape index (κ3) is 5.24. The number of fused-ring (bicyclic) bond motifs is 1. The summed E-state index contributed by atoms with van der Waals surface area (Å²) < 4.78 is 11.5. The van der Waals surface area contributed by atoms with Crippen LogP contribution in [0.25, 0.3) is 33.4 Å². The van der Waals surface area contributed by atoms with Gasteiger partial charge < -0.3 is 24.3 Å². The Balaban J connectivity index is 1.25. The summed E-state index contributed by atoms with van der Waals surface area (Å²) in [7, 11) is 2.08. The van der Waals surface area contributed by atoms with Crippen molar-refractivity contribution in [2.45, 2.75) is 18.9 Å². The topological polar surface area (TPSA) is 94.5 Å². The maximum absolute atomic E-state index is 12.9. The van der Waals surface area contributed by atoms with Crippen molar-refractivity contribution < 1.29 is 14.3 Å². The minimum Gasteiger partial charge on any atom is -0.489 e. The molecule has 1 amide bonds. The number of benzene rings is 2. The van der Waals surface area contributed by atoms with Crippen LogP contribution in [0.15, 0.2) is 60.8 Å². The van der Waals surface area contributed by atoms with Crippen molar-refractivity contribution >= 4 is 16.8 Å². The lowest BCUT2D eigenvalue weighted by Crippen LogP contribution is -2.47.